The van der Waals surface area contributed by atoms with Crippen LogP contribution < -0.4 is 0 Å². The first-order chi connectivity index (χ1) is 11.5. The van der Waals surface area contributed by atoms with Crippen LogP contribution in [0.1, 0.15) is 40.2 Å². The van der Waals surface area contributed by atoms with Crippen molar-refractivity contribution >= 4 is 17.9 Å². The summed E-state index contributed by atoms with van der Waals surface area (Å²) in [4.78, 5) is 24.5. The van der Waals surface area contributed by atoms with E-state index in [4.69, 9.17) is 9.47 Å². The van der Waals surface area contributed by atoms with Gasteiger partial charge in [0.2, 0.25) is 0 Å². The second-order valence-corrected chi connectivity index (χ2v) is 7.39. The van der Waals surface area contributed by atoms with Gasteiger partial charge in [-0.1, -0.05) is 24.3 Å². The number of ether oxygens (including phenoxy) is 2. The summed E-state index contributed by atoms with van der Waals surface area (Å²) in [5, 5.41) is 10.9. The second-order valence-electron chi connectivity index (χ2n) is 7.39. The number of nitro groups is 1. The van der Waals surface area contributed by atoms with Crippen molar-refractivity contribution in [2.75, 3.05) is 6.61 Å². The van der Waals surface area contributed by atoms with E-state index in [9.17, 15) is 14.9 Å². The van der Waals surface area contributed by atoms with E-state index in [1.807, 2.05) is 20.8 Å². The monoisotopic (exact) mass is 348 g/mol. The molecule has 136 valence electrons. The number of nitrogens with zero attached hydrogens (tertiary/aromatic N) is 2. The SMILES string of the molecule is CC(C)(C)OC(=O)N1[C@H](/C=C/c2cccc([N+](=O)[O-])c2)COC1(C)C. The molecule has 0 N–H and O–H groups in total. The zero-order chi connectivity index (χ0) is 18.8. The van der Waals surface area contributed by atoms with Crippen LogP contribution in [0.5, 0.6) is 0 Å². The van der Waals surface area contributed by atoms with Gasteiger partial charge in [-0.25, -0.2) is 4.79 Å². The summed E-state index contributed by atoms with van der Waals surface area (Å²) in [7, 11) is 0. The Kier molecular flexibility index (Phi) is 5.17. The van der Waals surface area contributed by atoms with Crippen LogP contribution in [0.2, 0.25) is 0 Å². The van der Waals surface area contributed by atoms with E-state index in [1.54, 1.807) is 43.0 Å². The predicted molar refractivity (Wildman–Crippen MR) is 94.0 cm³/mol. The molecule has 0 radical (unpaired) electrons. The summed E-state index contributed by atoms with van der Waals surface area (Å²) in [5.74, 6) is 0. The normalized spacial score (nSPS) is 20.0. The van der Waals surface area contributed by atoms with Crippen molar-refractivity contribution in [3.8, 4) is 0 Å². The highest BCUT2D eigenvalue weighted by molar-refractivity contribution is 5.70. The maximum atomic E-state index is 12.5. The maximum Gasteiger partial charge on any atom is 0.413 e. The van der Waals surface area contributed by atoms with Gasteiger partial charge in [-0.2, -0.15) is 0 Å². The van der Waals surface area contributed by atoms with E-state index < -0.39 is 22.3 Å². The molecule has 0 bridgehead atoms. The predicted octanol–water partition coefficient (Wildman–Crippen LogP) is 3.98. The highest BCUT2D eigenvalue weighted by Gasteiger charge is 2.44. The zero-order valence-electron chi connectivity index (χ0n) is 15.2. The average molecular weight is 348 g/mol. The Labute approximate surface area is 147 Å². The highest BCUT2D eigenvalue weighted by Crippen LogP contribution is 2.30. The molecule has 2 rings (SSSR count). The van der Waals surface area contributed by atoms with Crippen LogP contribution in [0.25, 0.3) is 6.08 Å². The Hall–Kier alpha value is -2.41. The molecule has 7 nitrogen and oxygen atoms in total. The third-order valence-electron chi connectivity index (χ3n) is 3.70. The molecule has 1 aromatic rings. The number of benzene rings is 1. The Balaban J connectivity index is 2.21. The zero-order valence-corrected chi connectivity index (χ0v) is 15.2. The smallest absolute Gasteiger partial charge is 0.413 e. The molecule has 1 aliphatic rings. The summed E-state index contributed by atoms with van der Waals surface area (Å²) in [6.45, 7) is 9.36. The molecule has 0 saturated carbocycles. The van der Waals surface area contributed by atoms with E-state index in [0.717, 1.165) is 0 Å². The number of amides is 1. The van der Waals surface area contributed by atoms with Crippen molar-refractivity contribution < 1.29 is 19.2 Å². The summed E-state index contributed by atoms with van der Waals surface area (Å²) >= 11 is 0. The third-order valence-corrected chi connectivity index (χ3v) is 3.70. The summed E-state index contributed by atoms with van der Waals surface area (Å²) < 4.78 is 11.2. The van der Waals surface area contributed by atoms with Crippen molar-refractivity contribution in [3.05, 3.63) is 46.0 Å². The number of non-ortho nitro benzene ring substituents is 1. The lowest BCUT2D eigenvalue weighted by atomic mass is 10.1. The van der Waals surface area contributed by atoms with Crippen LogP contribution in [0.15, 0.2) is 30.3 Å². The number of hydrogen-bond acceptors (Lipinski definition) is 5. The molecule has 0 unspecified atom stereocenters. The van der Waals surface area contributed by atoms with Gasteiger partial charge in [-0.3, -0.25) is 15.0 Å². The molecule has 7 heteroatoms. The minimum Gasteiger partial charge on any atom is -0.444 e. The number of hydrogen-bond donors (Lipinski definition) is 0. The van der Waals surface area contributed by atoms with Gasteiger partial charge in [0.05, 0.1) is 17.6 Å². The molecule has 0 aromatic heterocycles. The fraction of sp³-hybridized carbons (Fsp3) is 0.500. The van der Waals surface area contributed by atoms with Crippen LogP contribution in [0.4, 0.5) is 10.5 Å². The van der Waals surface area contributed by atoms with Gasteiger partial charge in [0, 0.05) is 12.1 Å². The number of carbonyl (C=O) groups is 1. The Bertz CT molecular complexity index is 691. The summed E-state index contributed by atoms with van der Waals surface area (Å²) in [5.41, 5.74) is -0.693. The Morgan fingerprint density at radius 3 is 2.72 bits per heavy atom. The largest absolute Gasteiger partial charge is 0.444 e. The molecule has 1 heterocycles. The van der Waals surface area contributed by atoms with Crippen LogP contribution in [0, 0.1) is 10.1 Å². The van der Waals surface area contributed by atoms with Crippen LogP contribution >= 0.6 is 0 Å². The van der Waals surface area contributed by atoms with Gasteiger partial charge in [-0.15, -0.1) is 0 Å². The van der Waals surface area contributed by atoms with Gasteiger partial charge in [-0.05, 0) is 40.2 Å². The quantitative estimate of drug-likeness (QED) is 0.609. The molecule has 1 fully saturated rings. The van der Waals surface area contributed by atoms with E-state index in [-0.39, 0.29) is 11.7 Å². The summed E-state index contributed by atoms with van der Waals surface area (Å²) in [6.07, 6.45) is 3.10. The van der Waals surface area contributed by atoms with E-state index in [2.05, 4.69) is 0 Å². The fourth-order valence-electron chi connectivity index (χ4n) is 2.60. The molecule has 1 aliphatic heterocycles. The van der Waals surface area contributed by atoms with E-state index >= 15 is 0 Å². The van der Waals surface area contributed by atoms with Crippen LogP contribution in [0.3, 0.4) is 0 Å². The minimum absolute atomic E-state index is 0.0224. The number of carbonyl (C=O) groups excluding carboxylic acids is 1. The molecule has 0 aliphatic carbocycles. The van der Waals surface area contributed by atoms with E-state index in [1.165, 1.54) is 12.1 Å². The van der Waals surface area contributed by atoms with Gasteiger partial charge < -0.3 is 9.47 Å². The lowest BCUT2D eigenvalue weighted by Crippen LogP contribution is -2.49. The van der Waals surface area contributed by atoms with Crippen LogP contribution in [-0.2, 0) is 9.47 Å². The minimum atomic E-state index is -0.792. The lowest BCUT2D eigenvalue weighted by molar-refractivity contribution is -0.384. The van der Waals surface area contributed by atoms with Gasteiger partial charge in [0.25, 0.3) is 5.69 Å². The van der Waals surface area contributed by atoms with Crippen molar-refractivity contribution in [2.24, 2.45) is 0 Å². The number of rotatable bonds is 3. The molecule has 1 amide bonds. The molecule has 0 spiro atoms. The number of nitro benzene ring substituents is 1. The van der Waals surface area contributed by atoms with Crippen molar-refractivity contribution in [3.63, 3.8) is 0 Å². The molecule has 25 heavy (non-hydrogen) atoms. The van der Waals surface area contributed by atoms with Crippen molar-refractivity contribution in [1.82, 2.24) is 4.90 Å². The van der Waals surface area contributed by atoms with Gasteiger partial charge in [0.15, 0.2) is 0 Å². The molecular formula is C18H24N2O5. The van der Waals surface area contributed by atoms with Crippen molar-refractivity contribution in [1.29, 1.82) is 0 Å². The molecule has 1 saturated heterocycles. The highest BCUT2D eigenvalue weighted by atomic mass is 16.6. The first-order valence-electron chi connectivity index (χ1n) is 8.08. The molecule has 1 atom stereocenters. The van der Waals surface area contributed by atoms with E-state index in [0.29, 0.717) is 12.2 Å². The average Bonchev–Trinajstić information content (AvgIpc) is 2.78. The first-order valence-corrected chi connectivity index (χ1v) is 8.08. The lowest BCUT2D eigenvalue weighted by Gasteiger charge is -2.34. The first kappa shape index (κ1) is 18.9. The van der Waals surface area contributed by atoms with Crippen molar-refractivity contribution in [2.45, 2.75) is 52.0 Å². The maximum absolute atomic E-state index is 12.5. The summed E-state index contributed by atoms with van der Waals surface area (Å²) in [6, 6.07) is 5.99. The molecular weight excluding hydrogens is 324 g/mol. The van der Waals surface area contributed by atoms with Crippen LogP contribution in [-0.4, -0.2) is 39.9 Å². The Morgan fingerprint density at radius 1 is 1.44 bits per heavy atom. The fourth-order valence-corrected chi connectivity index (χ4v) is 2.60. The van der Waals surface area contributed by atoms with Gasteiger partial charge in [0.1, 0.15) is 11.3 Å². The third kappa shape index (κ3) is 4.79. The standard InChI is InChI=1S/C18H24N2O5/c1-17(2,3)25-16(21)19-15(12-24-18(19,4)5)10-9-13-7-6-8-14(11-13)20(22)23/h6-11,15H,12H2,1-5H3/b10-9+/t15-/m1/s1. The second kappa shape index (κ2) is 6.84. The topological polar surface area (TPSA) is 81.9 Å². The Morgan fingerprint density at radius 2 is 2.12 bits per heavy atom. The molecule has 1 aromatic carbocycles. The van der Waals surface area contributed by atoms with Gasteiger partial charge >= 0.3 is 6.09 Å².